The minimum Gasteiger partial charge on any atom is -0.464 e. The van der Waals surface area contributed by atoms with Crippen LogP contribution in [0.4, 0.5) is 0 Å². The summed E-state index contributed by atoms with van der Waals surface area (Å²) >= 11 is 0. The molecule has 0 saturated carbocycles. The SMILES string of the molecule is CC(=O)OCC(C)(C)NCCc1ccccc1. The van der Waals surface area contributed by atoms with Crippen molar-refractivity contribution in [3.63, 3.8) is 0 Å². The summed E-state index contributed by atoms with van der Waals surface area (Å²) in [7, 11) is 0. The van der Waals surface area contributed by atoms with Crippen molar-refractivity contribution < 1.29 is 9.53 Å². The Morgan fingerprint density at radius 3 is 2.53 bits per heavy atom. The van der Waals surface area contributed by atoms with Gasteiger partial charge >= 0.3 is 5.97 Å². The Balaban J connectivity index is 2.27. The van der Waals surface area contributed by atoms with Gasteiger partial charge in [0.15, 0.2) is 0 Å². The van der Waals surface area contributed by atoms with Crippen molar-refractivity contribution in [2.45, 2.75) is 32.7 Å². The van der Waals surface area contributed by atoms with Gasteiger partial charge in [-0.25, -0.2) is 0 Å². The van der Waals surface area contributed by atoms with E-state index in [0.717, 1.165) is 13.0 Å². The highest BCUT2D eigenvalue weighted by Crippen LogP contribution is 2.04. The Morgan fingerprint density at radius 1 is 1.29 bits per heavy atom. The molecule has 0 atom stereocenters. The van der Waals surface area contributed by atoms with Gasteiger partial charge in [-0.2, -0.15) is 0 Å². The maximum absolute atomic E-state index is 10.7. The third-order valence-electron chi connectivity index (χ3n) is 2.50. The molecule has 0 heterocycles. The number of carbonyl (C=O) groups is 1. The van der Waals surface area contributed by atoms with E-state index in [2.05, 4.69) is 17.4 Å². The lowest BCUT2D eigenvalue weighted by molar-refractivity contribution is -0.142. The highest BCUT2D eigenvalue weighted by Gasteiger charge is 2.18. The van der Waals surface area contributed by atoms with Crippen LogP contribution in [0.2, 0.25) is 0 Å². The quantitative estimate of drug-likeness (QED) is 0.768. The van der Waals surface area contributed by atoms with Crippen molar-refractivity contribution in [3.8, 4) is 0 Å². The molecule has 1 rings (SSSR count). The maximum Gasteiger partial charge on any atom is 0.302 e. The molecule has 3 nitrogen and oxygen atoms in total. The molecular formula is C14H21NO2. The van der Waals surface area contributed by atoms with E-state index in [1.807, 2.05) is 32.0 Å². The first kappa shape index (κ1) is 13.7. The fourth-order valence-electron chi connectivity index (χ4n) is 1.52. The highest BCUT2D eigenvalue weighted by atomic mass is 16.5. The molecular weight excluding hydrogens is 214 g/mol. The fraction of sp³-hybridized carbons (Fsp3) is 0.500. The predicted octanol–water partition coefficient (Wildman–Crippen LogP) is 2.16. The molecule has 0 spiro atoms. The minimum atomic E-state index is -0.233. The first-order valence-electron chi connectivity index (χ1n) is 5.92. The molecule has 0 aliphatic heterocycles. The zero-order chi connectivity index (χ0) is 12.7. The van der Waals surface area contributed by atoms with Gasteiger partial charge in [0, 0.05) is 12.5 Å². The summed E-state index contributed by atoms with van der Waals surface area (Å²) < 4.78 is 5.01. The molecule has 0 aliphatic carbocycles. The molecule has 0 bridgehead atoms. The van der Waals surface area contributed by atoms with Gasteiger partial charge in [-0.3, -0.25) is 4.79 Å². The molecule has 0 saturated heterocycles. The molecule has 1 aromatic rings. The Morgan fingerprint density at radius 2 is 1.94 bits per heavy atom. The lowest BCUT2D eigenvalue weighted by atomic mass is 10.1. The Kier molecular flexibility index (Phi) is 5.16. The van der Waals surface area contributed by atoms with Crippen molar-refractivity contribution in [1.82, 2.24) is 5.32 Å². The fourth-order valence-corrected chi connectivity index (χ4v) is 1.52. The van der Waals surface area contributed by atoms with Crippen LogP contribution in [0.25, 0.3) is 0 Å². The van der Waals surface area contributed by atoms with Gasteiger partial charge in [-0.05, 0) is 32.4 Å². The topological polar surface area (TPSA) is 38.3 Å². The third kappa shape index (κ3) is 6.07. The molecule has 0 aliphatic rings. The second kappa shape index (κ2) is 6.40. The third-order valence-corrected chi connectivity index (χ3v) is 2.50. The number of nitrogens with one attached hydrogen (secondary N) is 1. The minimum absolute atomic E-state index is 0.180. The number of ether oxygens (including phenoxy) is 1. The zero-order valence-electron chi connectivity index (χ0n) is 10.8. The van der Waals surface area contributed by atoms with Crippen LogP contribution >= 0.6 is 0 Å². The second-order valence-corrected chi connectivity index (χ2v) is 4.83. The van der Waals surface area contributed by atoms with Gasteiger partial charge < -0.3 is 10.1 Å². The molecule has 1 N–H and O–H groups in total. The summed E-state index contributed by atoms with van der Waals surface area (Å²) in [4.78, 5) is 10.7. The number of esters is 1. The number of benzene rings is 1. The number of rotatable bonds is 6. The molecule has 94 valence electrons. The molecule has 1 aromatic carbocycles. The van der Waals surface area contributed by atoms with Crippen molar-refractivity contribution in [1.29, 1.82) is 0 Å². The van der Waals surface area contributed by atoms with E-state index in [0.29, 0.717) is 6.61 Å². The molecule has 3 heteroatoms. The molecule has 0 aromatic heterocycles. The smallest absolute Gasteiger partial charge is 0.302 e. The van der Waals surface area contributed by atoms with Crippen LogP contribution in [0.1, 0.15) is 26.3 Å². The average Bonchev–Trinajstić information content (AvgIpc) is 2.28. The second-order valence-electron chi connectivity index (χ2n) is 4.83. The van der Waals surface area contributed by atoms with Crippen LogP contribution in [0.5, 0.6) is 0 Å². The summed E-state index contributed by atoms with van der Waals surface area (Å²) in [5.41, 5.74) is 1.13. The normalized spacial score (nSPS) is 11.2. The van der Waals surface area contributed by atoms with Crippen LogP contribution < -0.4 is 5.32 Å². The maximum atomic E-state index is 10.7. The molecule has 17 heavy (non-hydrogen) atoms. The number of carbonyl (C=O) groups excluding carboxylic acids is 1. The standard InChI is InChI=1S/C14H21NO2/c1-12(16)17-11-14(2,3)15-10-9-13-7-5-4-6-8-13/h4-8,15H,9-11H2,1-3H3. The molecule has 0 radical (unpaired) electrons. The summed E-state index contributed by atoms with van der Waals surface area (Å²) in [6.45, 7) is 6.76. The summed E-state index contributed by atoms with van der Waals surface area (Å²) in [6, 6.07) is 10.3. The van der Waals surface area contributed by atoms with E-state index >= 15 is 0 Å². The van der Waals surface area contributed by atoms with Crippen LogP contribution in [-0.4, -0.2) is 24.7 Å². The lowest BCUT2D eigenvalue weighted by Crippen LogP contribution is -2.44. The molecule has 0 fully saturated rings. The first-order chi connectivity index (χ1) is 7.99. The number of hydrogen-bond donors (Lipinski definition) is 1. The molecule has 0 unspecified atom stereocenters. The summed E-state index contributed by atoms with van der Waals surface area (Å²) in [6.07, 6.45) is 0.977. The van der Waals surface area contributed by atoms with E-state index in [4.69, 9.17) is 4.74 Å². The lowest BCUT2D eigenvalue weighted by Gasteiger charge is -2.25. The monoisotopic (exact) mass is 235 g/mol. The number of hydrogen-bond acceptors (Lipinski definition) is 3. The average molecular weight is 235 g/mol. The Labute approximate surface area is 103 Å². The Bertz CT molecular complexity index is 346. The van der Waals surface area contributed by atoms with Crippen LogP contribution in [0, 0.1) is 0 Å². The van der Waals surface area contributed by atoms with Gasteiger partial charge in [0.2, 0.25) is 0 Å². The van der Waals surface area contributed by atoms with Gasteiger partial charge in [0.25, 0.3) is 0 Å². The van der Waals surface area contributed by atoms with Gasteiger partial charge in [0.05, 0.1) is 0 Å². The predicted molar refractivity (Wildman–Crippen MR) is 68.9 cm³/mol. The van der Waals surface area contributed by atoms with Gasteiger partial charge in [-0.15, -0.1) is 0 Å². The van der Waals surface area contributed by atoms with Crippen molar-refractivity contribution in [2.24, 2.45) is 0 Å². The van der Waals surface area contributed by atoms with Gasteiger partial charge in [0.1, 0.15) is 6.61 Å². The molecule has 0 amide bonds. The van der Waals surface area contributed by atoms with Gasteiger partial charge in [-0.1, -0.05) is 30.3 Å². The zero-order valence-corrected chi connectivity index (χ0v) is 10.8. The Hall–Kier alpha value is -1.35. The van der Waals surface area contributed by atoms with E-state index in [1.165, 1.54) is 12.5 Å². The van der Waals surface area contributed by atoms with E-state index in [9.17, 15) is 4.79 Å². The van der Waals surface area contributed by atoms with E-state index in [1.54, 1.807) is 0 Å². The van der Waals surface area contributed by atoms with E-state index < -0.39 is 0 Å². The van der Waals surface area contributed by atoms with Crippen LogP contribution in [-0.2, 0) is 16.0 Å². The van der Waals surface area contributed by atoms with Crippen LogP contribution in [0.15, 0.2) is 30.3 Å². The van der Waals surface area contributed by atoms with Crippen molar-refractivity contribution in [2.75, 3.05) is 13.2 Å². The summed E-state index contributed by atoms with van der Waals surface area (Å²) in [5, 5.41) is 3.39. The van der Waals surface area contributed by atoms with Crippen molar-refractivity contribution in [3.05, 3.63) is 35.9 Å². The largest absolute Gasteiger partial charge is 0.464 e. The van der Waals surface area contributed by atoms with Crippen molar-refractivity contribution >= 4 is 5.97 Å². The summed E-state index contributed by atoms with van der Waals surface area (Å²) in [5.74, 6) is -0.233. The van der Waals surface area contributed by atoms with E-state index in [-0.39, 0.29) is 11.5 Å². The highest BCUT2D eigenvalue weighted by molar-refractivity contribution is 5.65. The first-order valence-corrected chi connectivity index (χ1v) is 5.92. The van der Waals surface area contributed by atoms with Crippen LogP contribution in [0.3, 0.4) is 0 Å².